The Hall–Kier alpha value is -2.66. The lowest BCUT2D eigenvalue weighted by Crippen LogP contribution is -2.15. The number of benzene rings is 2. The van der Waals surface area contributed by atoms with Gasteiger partial charge in [-0.3, -0.25) is 4.79 Å². The van der Waals surface area contributed by atoms with Gasteiger partial charge in [0.2, 0.25) is 0 Å². The lowest BCUT2D eigenvalue weighted by molar-refractivity contribution is 0.102. The van der Waals surface area contributed by atoms with Crippen LogP contribution in [0.3, 0.4) is 0 Å². The summed E-state index contributed by atoms with van der Waals surface area (Å²) >= 11 is 6.00. The van der Waals surface area contributed by atoms with E-state index in [9.17, 15) is 9.18 Å². The van der Waals surface area contributed by atoms with Gasteiger partial charge < -0.3 is 9.88 Å². The predicted molar refractivity (Wildman–Crippen MR) is 100.0 cm³/mol. The minimum Gasteiger partial charge on any atom is -0.334 e. The Kier molecular flexibility index (Phi) is 4.47. The number of nitrogens with zero attached hydrogens (tertiary/aromatic N) is 2. The van der Waals surface area contributed by atoms with E-state index in [1.165, 1.54) is 18.2 Å². The van der Waals surface area contributed by atoms with Crippen LogP contribution >= 0.6 is 11.6 Å². The van der Waals surface area contributed by atoms with Gasteiger partial charge in [-0.2, -0.15) is 0 Å². The molecule has 4 rings (SSSR count). The fourth-order valence-corrected chi connectivity index (χ4v) is 3.51. The Balaban J connectivity index is 1.68. The van der Waals surface area contributed by atoms with Gasteiger partial charge in [0.1, 0.15) is 11.6 Å². The number of para-hydroxylation sites is 1. The van der Waals surface area contributed by atoms with Crippen molar-refractivity contribution in [3.63, 3.8) is 0 Å². The number of carbonyl (C=O) groups is 1. The summed E-state index contributed by atoms with van der Waals surface area (Å²) in [4.78, 5) is 17.3. The van der Waals surface area contributed by atoms with Gasteiger partial charge in [0, 0.05) is 24.7 Å². The fraction of sp³-hybridized carbons (Fsp3) is 0.200. The van der Waals surface area contributed by atoms with Crippen molar-refractivity contribution in [3.05, 3.63) is 70.9 Å². The number of anilines is 1. The van der Waals surface area contributed by atoms with Crippen molar-refractivity contribution in [2.75, 3.05) is 5.32 Å². The number of nitrogens with one attached hydrogen (secondary N) is 1. The SMILES string of the molecule is O=C(Nc1ccccc1-c1cn2c(n1)CCCC2)c1c(F)cccc1Cl. The van der Waals surface area contributed by atoms with E-state index >= 15 is 0 Å². The molecule has 0 bridgehead atoms. The van der Waals surface area contributed by atoms with Gasteiger partial charge in [-0.1, -0.05) is 35.9 Å². The van der Waals surface area contributed by atoms with Crippen LogP contribution in [-0.2, 0) is 13.0 Å². The lowest BCUT2D eigenvalue weighted by atomic mass is 10.1. The van der Waals surface area contributed by atoms with Crippen molar-refractivity contribution in [1.29, 1.82) is 0 Å². The number of imidazole rings is 1. The highest BCUT2D eigenvalue weighted by Crippen LogP contribution is 2.30. The quantitative estimate of drug-likeness (QED) is 0.711. The van der Waals surface area contributed by atoms with E-state index in [2.05, 4.69) is 9.88 Å². The zero-order chi connectivity index (χ0) is 18.1. The van der Waals surface area contributed by atoms with E-state index in [0.29, 0.717) is 5.69 Å². The second kappa shape index (κ2) is 6.92. The van der Waals surface area contributed by atoms with E-state index in [4.69, 9.17) is 16.6 Å². The first-order valence-electron chi connectivity index (χ1n) is 8.54. The number of hydrogen-bond acceptors (Lipinski definition) is 2. The van der Waals surface area contributed by atoms with E-state index in [-0.39, 0.29) is 10.6 Å². The summed E-state index contributed by atoms with van der Waals surface area (Å²) in [5.74, 6) is -0.168. The number of amides is 1. The van der Waals surface area contributed by atoms with Crippen LogP contribution in [0.1, 0.15) is 29.0 Å². The molecule has 132 valence electrons. The number of aromatic nitrogens is 2. The van der Waals surface area contributed by atoms with Crippen LogP contribution in [0.5, 0.6) is 0 Å². The zero-order valence-electron chi connectivity index (χ0n) is 14.0. The summed E-state index contributed by atoms with van der Waals surface area (Å²) < 4.78 is 16.2. The first-order valence-corrected chi connectivity index (χ1v) is 8.92. The average Bonchev–Trinajstić information content (AvgIpc) is 3.06. The van der Waals surface area contributed by atoms with Crippen LogP contribution in [0, 0.1) is 5.82 Å². The first-order chi connectivity index (χ1) is 12.6. The molecule has 3 aromatic rings. The van der Waals surface area contributed by atoms with Crippen LogP contribution in [0.4, 0.5) is 10.1 Å². The number of rotatable bonds is 3. The molecule has 1 amide bonds. The van der Waals surface area contributed by atoms with E-state index in [1.807, 2.05) is 24.4 Å². The van der Waals surface area contributed by atoms with Crippen molar-refractivity contribution in [2.24, 2.45) is 0 Å². The van der Waals surface area contributed by atoms with Gasteiger partial charge in [0.25, 0.3) is 5.91 Å². The van der Waals surface area contributed by atoms with Gasteiger partial charge in [-0.25, -0.2) is 9.37 Å². The van der Waals surface area contributed by atoms with E-state index in [1.54, 1.807) is 6.07 Å². The Labute approximate surface area is 155 Å². The summed E-state index contributed by atoms with van der Waals surface area (Å²) in [5.41, 5.74) is 2.02. The smallest absolute Gasteiger partial charge is 0.260 e. The van der Waals surface area contributed by atoms with Crippen LogP contribution in [0.25, 0.3) is 11.3 Å². The molecule has 0 saturated carbocycles. The Morgan fingerprint density at radius 1 is 1.15 bits per heavy atom. The molecule has 26 heavy (non-hydrogen) atoms. The van der Waals surface area contributed by atoms with Crippen molar-refractivity contribution in [3.8, 4) is 11.3 Å². The lowest BCUT2D eigenvalue weighted by Gasteiger charge is -2.11. The number of hydrogen-bond donors (Lipinski definition) is 1. The Morgan fingerprint density at radius 3 is 2.81 bits per heavy atom. The molecule has 0 spiro atoms. The standard InChI is InChI=1S/C20H17ClFN3O/c21-14-7-5-8-15(22)19(14)20(26)24-16-9-2-1-6-13(16)17-12-25-11-4-3-10-18(25)23-17/h1-2,5-9,12H,3-4,10-11H2,(H,24,26). The predicted octanol–water partition coefficient (Wildman–Crippen LogP) is 4.93. The molecular weight excluding hydrogens is 353 g/mol. The summed E-state index contributed by atoms with van der Waals surface area (Å²) in [6.07, 6.45) is 5.25. The molecule has 0 unspecified atom stereocenters. The third-order valence-electron chi connectivity index (χ3n) is 4.55. The van der Waals surface area contributed by atoms with Crippen molar-refractivity contribution >= 4 is 23.2 Å². The summed E-state index contributed by atoms with van der Waals surface area (Å²) in [5, 5.41) is 2.86. The summed E-state index contributed by atoms with van der Waals surface area (Å²) in [7, 11) is 0. The normalized spacial score (nSPS) is 13.3. The monoisotopic (exact) mass is 369 g/mol. The topological polar surface area (TPSA) is 46.9 Å². The summed E-state index contributed by atoms with van der Waals surface area (Å²) in [6.45, 7) is 0.960. The van der Waals surface area contributed by atoms with Crippen molar-refractivity contribution < 1.29 is 9.18 Å². The van der Waals surface area contributed by atoms with Crippen LogP contribution in [0.2, 0.25) is 5.02 Å². The molecule has 0 aliphatic carbocycles. The maximum atomic E-state index is 14.0. The van der Waals surface area contributed by atoms with E-state index in [0.717, 1.165) is 42.9 Å². The Morgan fingerprint density at radius 2 is 2.00 bits per heavy atom. The molecule has 2 heterocycles. The molecule has 6 heteroatoms. The van der Waals surface area contributed by atoms with Crippen LogP contribution in [-0.4, -0.2) is 15.5 Å². The molecule has 2 aromatic carbocycles. The highest BCUT2D eigenvalue weighted by atomic mass is 35.5. The van der Waals surface area contributed by atoms with Gasteiger partial charge in [-0.05, 0) is 31.0 Å². The molecule has 1 aliphatic rings. The highest BCUT2D eigenvalue weighted by molar-refractivity contribution is 6.34. The molecular formula is C20H17ClFN3O. The average molecular weight is 370 g/mol. The summed E-state index contributed by atoms with van der Waals surface area (Å²) in [6, 6.07) is 11.6. The largest absolute Gasteiger partial charge is 0.334 e. The fourth-order valence-electron chi connectivity index (χ4n) is 3.26. The molecule has 0 fully saturated rings. The second-order valence-electron chi connectivity index (χ2n) is 6.29. The molecule has 0 atom stereocenters. The van der Waals surface area contributed by atoms with Gasteiger partial charge in [-0.15, -0.1) is 0 Å². The molecule has 4 nitrogen and oxygen atoms in total. The third kappa shape index (κ3) is 3.10. The van der Waals surface area contributed by atoms with Crippen molar-refractivity contribution in [2.45, 2.75) is 25.8 Å². The minimum absolute atomic E-state index is 0.0810. The molecule has 1 aromatic heterocycles. The number of carbonyl (C=O) groups excluding carboxylic acids is 1. The second-order valence-corrected chi connectivity index (χ2v) is 6.70. The third-order valence-corrected chi connectivity index (χ3v) is 4.86. The molecule has 0 radical (unpaired) electrons. The number of aryl methyl sites for hydroxylation is 2. The van der Waals surface area contributed by atoms with Gasteiger partial charge in [0.15, 0.2) is 0 Å². The minimum atomic E-state index is -0.648. The van der Waals surface area contributed by atoms with Gasteiger partial charge >= 0.3 is 0 Å². The maximum absolute atomic E-state index is 14.0. The molecule has 1 N–H and O–H groups in total. The Bertz CT molecular complexity index is 939. The molecule has 1 aliphatic heterocycles. The van der Waals surface area contributed by atoms with Crippen molar-refractivity contribution in [1.82, 2.24) is 9.55 Å². The van der Waals surface area contributed by atoms with Crippen LogP contribution < -0.4 is 5.32 Å². The van der Waals surface area contributed by atoms with Gasteiger partial charge in [0.05, 0.1) is 22.0 Å². The molecule has 0 saturated heterocycles. The maximum Gasteiger partial charge on any atom is 0.260 e. The zero-order valence-corrected chi connectivity index (χ0v) is 14.8. The van der Waals surface area contributed by atoms with Crippen LogP contribution in [0.15, 0.2) is 48.7 Å². The highest BCUT2D eigenvalue weighted by Gasteiger charge is 2.19. The number of halogens is 2. The first kappa shape index (κ1) is 16.8. The number of fused-ring (bicyclic) bond motifs is 1. The van der Waals surface area contributed by atoms with E-state index < -0.39 is 11.7 Å².